The van der Waals surface area contributed by atoms with E-state index in [1.54, 1.807) is 6.92 Å². The molecule has 10 rings (SSSR count). The Bertz CT molecular complexity index is 3040. The summed E-state index contributed by atoms with van der Waals surface area (Å²) in [5.41, 5.74) is 11.3. The first kappa shape index (κ1) is 34.0. The number of rotatable bonds is 4. The Kier molecular flexibility index (Phi) is 8.35. The van der Waals surface area contributed by atoms with Crippen molar-refractivity contribution in [2.45, 2.75) is 13.8 Å². The van der Waals surface area contributed by atoms with Crippen LogP contribution in [0.1, 0.15) is 11.1 Å². The number of hydrogen-bond acceptors (Lipinski definition) is 3. The van der Waals surface area contributed by atoms with Gasteiger partial charge >= 0.3 is 0 Å². The van der Waals surface area contributed by atoms with Gasteiger partial charge < -0.3 is 14.6 Å². The molecule has 54 heavy (non-hydrogen) atoms. The fraction of sp³-hybridized carbons (Fsp3) is 0.0400. The zero-order valence-electron chi connectivity index (χ0n) is 29.7. The van der Waals surface area contributed by atoms with Crippen molar-refractivity contribution in [2.75, 3.05) is 0 Å². The molecule has 2 N–H and O–H groups in total. The van der Waals surface area contributed by atoms with Crippen LogP contribution in [0.2, 0.25) is 0 Å². The van der Waals surface area contributed by atoms with Crippen LogP contribution < -0.4 is 0 Å². The first-order valence-corrected chi connectivity index (χ1v) is 17.9. The van der Waals surface area contributed by atoms with E-state index in [1.807, 2.05) is 31.2 Å². The quantitative estimate of drug-likeness (QED) is 0.137. The third-order valence-electron chi connectivity index (χ3n) is 11.0. The van der Waals surface area contributed by atoms with Gasteiger partial charge in [-0.3, -0.25) is 0 Å². The number of hydrogen-bond donors (Lipinski definition) is 2. The molecule has 256 valence electrons. The summed E-state index contributed by atoms with van der Waals surface area (Å²) >= 11 is 0. The normalized spacial score (nSPS) is 11.5. The molecule has 1 aromatic heterocycles. The summed E-state index contributed by atoms with van der Waals surface area (Å²) in [7, 11) is 0. The Labute approximate surface area is 336 Å². The van der Waals surface area contributed by atoms with E-state index >= 15 is 0 Å². The van der Waals surface area contributed by atoms with Gasteiger partial charge in [-0.15, -0.1) is 5.56 Å². The van der Waals surface area contributed by atoms with E-state index in [0.29, 0.717) is 16.7 Å². The van der Waals surface area contributed by atoms with Gasteiger partial charge in [0.25, 0.3) is 0 Å². The molecule has 0 fully saturated rings. The molecule has 0 aliphatic carbocycles. The van der Waals surface area contributed by atoms with Crippen LogP contribution in [-0.2, 0) is 0 Å². The fourth-order valence-corrected chi connectivity index (χ4v) is 8.37. The smallest absolute Gasteiger partial charge is 0.136 e. The second-order valence-electron chi connectivity index (χ2n) is 13.9. The second-order valence-corrected chi connectivity index (χ2v) is 13.9. The molecular formula is C50H33O3U-. The van der Waals surface area contributed by atoms with Gasteiger partial charge in [-0.25, -0.2) is 0 Å². The molecule has 0 unspecified atom stereocenters. The van der Waals surface area contributed by atoms with Gasteiger partial charge in [-0.1, -0.05) is 181 Å². The number of fused-ring (bicyclic) bond motifs is 6. The van der Waals surface area contributed by atoms with Crippen molar-refractivity contribution in [1.29, 1.82) is 0 Å². The van der Waals surface area contributed by atoms with Crippen molar-refractivity contribution in [3.63, 3.8) is 0 Å². The third kappa shape index (κ3) is 5.17. The molecule has 3 nitrogen and oxygen atoms in total. The molecule has 0 bridgehead atoms. The predicted octanol–water partition coefficient (Wildman–Crippen LogP) is 13.5. The average Bonchev–Trinajstić information content (AvgIpc) is 3.59. The maximum atomic E-state index is 11.0. The summed E-state index contributed by atoms with van der Waals surface area (Å²) in [6, 6.07) is 56.6. The van der Waals surface area contributed by atoms with Crippen LogP contribution in [0, 0.1) is 51.0 Å². The third-order valence-corrected chi connectivity index (χ3v) is 11.0. The Morgan fingerprint density at radius 3 is 1.69 bits per heavy atom. The molecule has 0 amide bonds. The Balaban J connectivity index is 0.00000384. The number of phenols is 2. The van der Waals surface area contributed by atoms with Crippen molar-refractivity contribution in [3.8, 4) is 56.0 Å². The van der Waals surface area contributed by atoms with Crippen LogP contribution in [0.4, 0.5) is 0 Å². The van der Waals surface area contributed by atoms with E-state index < -0.39 is 0 Å². The van der Waals surface area contributed by atoms with E-state index in [9.17, 15) is 10.2 Å². The van der Waals surface area contributed by atoms with Gasteiger partial charge in [0.15, 0.2) is 0 Å². The summed E-state index contributed by atoms with van der Waals surface area (Å²) in [6.07, 6.45) is 0. The fourth-order valence-electron chi connectivity index (χ4n) is 8.37. The summed E-state index contributed by atoms with van der Waals surface area (Å²) in [4.78, 5) is 0. The molecule has 0 aliphatic rings. The van der Waals surface area contributed by atoms with E-state index in [4.69, 9.17) is 4.42 Å². The molecular weight excluding hydrogens is 887 g/mol. The monoisotopic (exact) mass is 919 g/mol. The first-order valence-electron chi connectivity index (χ1n) is 17.9. The molecule has 9 aromatic carbocycles. The zero-order valence-corrected chi connectivity index (χ0v) is 33.9. The minimum atomic E-state index is -0.0413. The van der Waals surface area contributed by atoms with Crippen molar-refractivity contribution < 1.29 is 45.7 Å². The number of phenolic OH excluding ortho intramolecular Hbond substituents is 2. The van der Waals surface area contributed by atoms with E-state index in [-0.39, 0.29) is 42.6 Å². The van der Waals surface area contributed by atoms with E-state index in [0.717, 1.165) is 76.9 Å². The van der Waals surface area contributed by atoms with Crippen LogP contribution in [-0.4, -0.2) is 10.2 Å². The number of benzene rings is 9. The van der Waals surface area contributed by atoms with E-state index in [2.05, 4.69) is 133 Å². The van der Waals surface area contributed by atoms with Gasteiger partial charge in [-0.05, 0) is 67.1 Å². The number of furan rings is 1. The van der Waals surface area contributed by atoms with Gasteiger partial charge in [0.05, 0.1) is 0 Å². The zero-order chi connectivity index (χ0) is 35.8. The summed E-state index contributed by atoms with van der Waals surface area (Å²) in [6.45, 7) is 3.60. The maximum Gasteiger partial charge on any atom is 0.136 e. The SMILES string of the molecule is Cc1c(O)[c-]c(-c2c3ccccc3c(-c3ccc(-c4ccc5oc6ccccc6c5c4-c4cccc5ccccc45)cc3)c3ccccc23)c(C)c1O.[U]. The van der Waals surface area contributed by atoms with Gasteiger partial charge in [0.2, 0.25) is 0 Å². The molecule has 0 saturated carbocycles. The van der Waals surface area contributed by atoms with Crippen molar-refractivity contribution in [3.05, 3.63) is 169 Å². The summed E-state index contributed by atoms with van der Waals surface area (Å²) in [5, 5.41) is 30.6. The van der Waals surface area contributed by atoms with Gasteiger partial charge in [0.1, 0.15) is 11.2 Å². The summed E-state index contributed by atoms with van der Waals surface area (Å²) < 4.78 is 6.41. The van der Waals surface area contributed by atoms with Crippen molar-refractivity contribution in [1.82, 2.24) is 0 Å². The predicted molar refractivity (Wildman–Crippen MR) is 220 cm³/mol. The maximum absolute atomic E-state index is 11.0. The van der Waals surface area contributed by atoms with Crippen LogP contribution >= 0.6 is 0 Å². The summed E-state index contributed by atoms with van der Waals surface area (Å²) in [5.74, 6) is 0.0500. The molecule has 0 saturated heterocycles. The van der Waals surface area contributed by atoms with Gasteiger partial charge in [0, 0.05) is 58.9 Å². The molecule has 0 radical (unpaired) electrons. The van der Waals surface area contributed by atoms with Crippen LogP contribution in [0.25, 0.3) is 98.8 Å². The Morgan fingerprint density at radius 2 is 1.00 bits per heavy atom. The molecule has 1 heterocycles. The van der Waals surface area contributed by atoms with E-state index in [1.165, 1.54) is 16.3 Å². The number of para-hydroxylation sites is 1. The van der Waals surface area contributed by atoms with Crippen LogP contribution in [0.3, 0.4) is 0 Å². The molecule has 4 heteroatoms. The Hall–Kier alpha value is -5.79. The minimum Gasteiger partial charge on any atom is -0.527 e. The van der Waals surface area contributed by atoms with Crippen molar-refractivity contribution >= 4 is 54.3 Å². The standard InChI is InChI=1S/C50H33O3.U/c1-29-42(28-43(51)30(2)50(29)52)47-39-17-7-5-15-37(39)46(38-16-6-8-18-40(38)47)33-24-22-32(23-25-33)35-26-27-45-49(41-19-9-10-21-44(41)53-45)48(35)36-20-11-13-31-12-3-4-14-34(31)36;/h3-27,51-52H,1-2H3;/q-1;. The first-order chi connectivity index (χ1) is 26.0. The second kappa shape index (κ2) is 13.3. The van der Waals surface area contributed by atoms with Crippen LogP contribution in [0.15, 0.2) is 156 Å². The Morgan fingerprint density at radius 1 is 0.444 bits per heavy atom. The number of aromatic hydroxyl groups is 2. The molecule has 0 spiro atoms. The molecule has 0 aliphatic heterocycles. The molecule has 10 aromatic rings. The topological polar surface area (TPSA) is 53.6 Å². The van der Waals surface area contributed by atoms with Crippen molar-refractivity contribution in [2.24, 2.45) is 0 Å². The minimum absolute atomic E-state index is 0. The largest absolute Gasteiger partial charge is 0.527 e. The van der Waals surface area contributed by atoms with Crippen LogP contribution in [0.5, 0.6) is 11.5 Å². The van der Waals surface area contributed by atoms with Gasteiger partial charge in [-0.2, -0.15) is 0 Å². The average molecular weight is 920 g/mol. The molecule has 0 atom stereocenters.